The highest BCUT2D eigenvalue weighted by atomic mass is 19.1. The molecular formula is C15H22FNO. The maximum atomic E-state index is 13.3. The molecule has 1 aliphatic rings. The van der Waals surface area contributed by atoms with Crippen LogP contribution in [-0.4, -0.2) is 6.10 Å². The van der Waals surface area contributed by atoms with Gasteiger partial charge in [-0.3, -0.25) is 0 Å². The monoisotopic (exact) mass is 251 g/mol. The molecule has 0 spiro atoms. The van der Waals surface area contributed by atoms with E-state index in [0.717, 1.165) is 17.7 Å². The Labute approximate surface area is 108 Å². The van der Waals surface area contributed by atoms with Crippen LogP contribution >= 0.6 is 0 Å². The summed E-state index contributed by atoms with van der Waals surface area (Å²) in [5.74, 6) is 1.04. The summed E-state index contributed by atoms with van der Waals surface area (Å²) >= 11 is 0. The Morgan fingerprint density at radius 1 is 1.33 bits per heavy atom. The first-order valence-electron chi connectivity index (χ1n) is 6.79. The highest BCUT2D eigenvalue weighted by molar-refractivity contribution is 5.36. The van der Waals surface area contributed by atoms with Crippen molar-refractivity contribution in [1.82, 2.24) is 0 Å². The summed E-state index contributed by atoms with van der Waals surface area (Å²) in [5, 5.41) is 0. The number of hydrogen-bond acceptors (Lipinski definition) is 2. The minimum absolute atomic E-state index is 0.213. The Morgan fingerprint density at radius 2 is 2.06 bits per heavy atom. The van der Waals surface area contributed by atoms with E-state index < -0.39 is 0 Å². The Morgan fingerprint density at radius 3 is 2.72 bits per heavy atom. The third-order valence-electron chi connectivity index (χ3n) is 3.77. The molecule has 0 aromatic heterocycles. The third-order valence-corrected chi connectivity index (χ3v) is 3.77. The van der Waals surface area contributed by atoms with Crippen molar-refractivity contribution in [3.05, 3.63) is 29.6 Å². The van der Waals surface area contributed by atoms with E-state index in [9.17, 15) is 4.39 Å². The van der Waals surface area contributed by atoms with Gasteiger partial charge in [-0.1, -0.05) is 13.3 Å². The molecule has 0 aliphatic heterocycles. The van der Waals surface area contributed by atoms with E-state index in [4.69, 9.17) is 10.5 Å². The van der Waals surface area contributed by atoms with E-state index in [2.05, 4.69) is 6.92 Å². The van der Waals surface area contributed by atoms with Crippen LogP contribution < -0.4 is 10.5 Å². The van der Waals surface area contributed by atoms with Gasteiger partial charge in [-0.15, -0.1) is 0 Å². The minimum Gasteiger partial charge on any atom is -0.490 e. The molecule has 1 saturated carbocycles. The van der Waals surface area contributed by atoms with Gasteiger partial charge in [-0.05, 0) is 50.3 Å². The van der Waals surface area contributed by atoms with Crippen LogP contribution in [0.4, 0.5) is 4.39 Å². The van der Waals surface area contributed by atoms with Gasteiger partial charge < -0.3 is 10.5 Å². The average Bonchev–Trinajstić information content (AvgIpc) is 2.34. The van der Waals surface area contributed by atoms with E-state index >= 15 is 0 Å². The third kappa shape index (κ3) is 3.02. The highest BCUT2D eigenvalue weighted by Crippen LogP contribution is 2.31. The van der Waals surface area contributed by atoms with Crippen molar-refractivity contribution >= 4 is 0 Å². The maximum absolute atomic E-state index is 13.3. The predicted molar refractivity (Wildman–Crippen MR) is 71.1 cm³/mol. The van der Waals surface area contributed by atoms with Crippen molar-refractivity contribution in [3.63, 3.8) is 0 Å². The van der Waals surface area contributed by atoms with Gasteiger partial charge in [0, 0.05) is 11.6 Å². The summed E-state index contributed by atoms with van der Waals surface area (Å²) in [6.07, 6.45) is 5.02. The number of ether oxygens (including phenoxy) is 1. The van der Waals surface area contributed by atoms with Crippen molar-refractivity contribution in [2.75, 3.05) is 0 Å². The minimum atomic E-state index is -0.258. The van der Waals surface area contributed by atoms with Gasteiger partial charge in [0.25, 0.3) is 0 Å². The number of hydrogen-bond donors (Lipinski definition) is 1. The molecule has 0 bridgehead atoms. The topological polar surface area (TPSA) is 35.2 Å². The van der Waals surface area contributed by atoms with Gasteiger partial charge >= 0.3 is 0 Å². The lowest BCUT2D eigenvalue weighted by atomic mass is 9.88. The van der Waals surface area contributed by atoms with Gasteiger partial charge in [0.15, 0.2) is 0 Å². The summed E-state index contributed by atoms with van der Waals surface area (Å²) in [5.41, 5.74) is 6.63. The molecule has 100 valence electrons. The van der Waals surface area contributed by atoms with Crippen LogP contribution in [0.3, 0.4) is 0 Å². The molecular weight excluding hydrogens is 229 g/mol. The van der Waals surface area contributed by atoms with E-state index in [1.807, 2.05) is 6.92 Å². The smallest absolute Gasteiger partial charge is 0.124 e. The number of nitrogens with two attached hydrogens (primary N) is 1. The Hall–Kier alpha value is -1.09. The van der Waals surface area contributed by atoms with Crippen molar-refractivity contribution in [2.24, 2.45) is 11.7 Å². The Balaban J connectivity index is 2.17. The van der Waals surface area contributed by atoms with Crippen LogP contribution in [0.1, 0.15) is 51.1 Å². The van der Waals surface area contributed by atoms with Crippen LogP contribution in [0.2, 0.25) is 0 Å². The fourth-order valence-electron chi connectivity index (χ4n) is 2.60. The molecule has 1 fully saturated rings. The zero-order valence-corrected chi connectivity index (χ0v) is 11.2. The van der Waals surface area contributed by atoms with Crippen molar-refractivity contribution in [2.45, 2.75) is 51.7 Å². The average molecular weight is 251 g/mol. The second-order valence-electron chi connectivity index (χ2n) is 5.39. The predicted octanol–water partition coefficient (Wildman–Crippen LogP) is 3.80. The zero-order valence-electron chi connectivity index (χ0n) is 11.2. The van der Waals surface area contributed by atoms with E-state index in [1.54, 1.807) is 6.07 Å². The number of halogens is 1. The Kier molecular flexibility index (Phi) is 4.23. The molecule has 0 saturated heterocycles. The van der Waals surface area contributed by atoms with E-state index in [0.29, 0.717) is 5.92 Å². The van der Waals surface area contributed by atoms with Gasteiger partial charge in [0.2, 0.25) is 0 Å². The van der Waals surface area contributed by atoms with Crippen LogP contribution in [0.5, 0.6) is 5.75 Å². The molecule has 0 radical (unpaired) electrons. The summed E-state index contributed by atoms with van der Waals surface area (Å²) in [6.45, 7) is 4.07. The fourth-order valence-corrected chi connectivity index (χ4v) is 2.60. The largest absolute Gasteiger partial charge is 0.490 e. The molecule has 1 aromatic rings. The second-order valence-corrected chi connectivity index (χ2v) is 5.39. The molecule has 18 heavy (non-hydrogen) atoms. The summed E-state index contributed by atoms with van der Waals surface area (Å²) in [4.78, 5) is 0. The van der Waals surface area contributed by atoms with Crippen molar-refractivity contribution < 1.29 is 9.13 Å². The van der Waals surface area contributed by atoms with Crippen LogP contribution in [-0.2, 0) is 0 Å². The molecule has 2 unspecified atom stereocenters. The highest BCUT2D eigenvalue weighted by Gasteiger charge is 2.24. The van der Waals surface area contributed by atoms with Crippen LogP contribution in [0.15, 0.2) is 18.2 Å². The molecule has 0 heterocycles. The standard InChI is InChI=1S/C15H22FNO/c1-10-5-3-4-6-14(10)18-15-8-7-12(16)9-13(15)11(2)17/h7-11,14H,3-6,17H2,1-2H3/t10?,11-,14?/m0/s1. The molecule has 2 rings (SSSR count). The SMILES string of the molecule is CC1CCCCC1Oc1ccc(F)cc1[C@H](C)N. The van der Waals surface area contributed by atoms with Gasteiger partial charge in [0.05, 0.1) is 0 Å². The molecule has 3 atom stereocenters. The first-order valence-corrected chi connectivity index (χ1v) is 6.79. The van der Waals surface area contributed by atoms with Gasteiger partial charge in [0.1, 0.15) is 17.7 Å². The number of benzene rings is 1. The normalized spacial score (nSPS) is 25.8. The van der Waals surface area contributed by atoms with Crippen LogP contribution in [0.25, 0.3) is 0 Å². The van der Waals surface area contributed by atoms with Gasteiger partial charge in [-0.2, -0.15) is 0 Å². The molecule has 3 heteroatoms. The van der Waals surface area contributed by atoms with Gasteiger partial charge in [-0.25, -0.2) is 4.39 Å². The van der Waals surface area contributed by atoms with Crippen molar-refractivity contribution in [3.8, 4) is 5.75 Å². The maximum Gasteiger partial charge on any atom is 0.124 e. The zero-order chi connectivity index (χ0) is 13.1. The van der Waals surface area contributed by atoms with Crippen LogP contribution in [0, 0.1) is 11.7 Å². The lowest BCUT2D eigenvalue weighted by Gasteiger charge is -2.30. The van der Waals surface area contributed by atoms with E-state index in [-0.39, 0.29) is 18.0 Å². The fraction of sp³-hybridized carbons (Fsp3) is 0.600. The molecule has 2 N–H and O–H groups in total. The summed E-state index contributed by atoms with van der Waals surface area (Å²) < 4.78 is 19.3. The molecule has 2 nitrogen and oxygen atoms in total. The summed E-state index contributed by atoms with van der Waals surface area (Å²) in [7, 11) is 0. The lowest BCUT2D eigenvalue weighted by molar-refractivity contribution is 0.101. The van der Waals surface area contributed by atoms with Crippen molar-refractivity contribution in [1.29, 1.82) is 0 Å². The summed E-state index contributed by atoms with van der Waals surface area (Å²) in [6, 6.07) is 4.41. The first-order chi connectivity index (χ1) is 8.58. The quantitative estimate of drug-likeness (QED) is 0.886. The molecule has 0 amide bonds. The molecule has 1 aromatic carbocycles. The van der Waals surface area contributed by atoms with E-state index in [1.165, 1.54) is 31.4 Å². The molecule has 1 aliphatic carbocycles. The number of rotatable bonds is 3. The lowest BCUT2D eigenvalue weighted by Crippen LogP contribution is -2.29. The Bertz CT molecular complexity index is 405. The second kappa shape index (κ2) is 5.70. The first kappa shape index (κ1) is 13.3.